The third-order valence-electron chi connectivity index (χ3n) is 3.67. The third-order valence-corrected chi connectivity index (χ3v) is 6.69. The molecule has 1 aliphatic rings. The van der Waals surface area contributed by atoms with Crippen LogP contribution in [-0.2, 0) is 4.79 Å². The Morgan fingerprint density at radius 2 is 2.00 bits per heavy atom. The Morgan fingerprint density at radius 1 is 1.26 bits per heavy atom. The normalized spacial score (nSPS) is 15.7. The lowest BCUT2D eigenvalue weighted by Crippen LogP contribution is -2.09. The van der Waals surface area contributed by atoms with Crippen LogP contribution in [0, 0.1) is 5.92 Å². The monoisotopic (exact) mass is 354 g/mol. The lowest BCUT2D eigenvalue weighted by molar-refractivity contribution is -0.134. The summed E-state index contributed by atoms with van der Waals surface area (Å²) in [7, 11) is 1.62. The van der Waals surface area contributed by atoms with Gasteiger partial charge in [-0.2, -0.15) is 0 Å². The Bertz CT molecular complexity index is 511. The minimum atomic E-state index is -0.182. The number of hydrogen-bond acceptors (Lipinski definition) is 5. The molecule has 0 radical (unpaired) electrons. The summed E-state index contributed by atoms with van der Waals surface area (Å²) in [4.78, 5) is 12.0. The fourth-order valence-electron chi connectivity index (χ4n) is 2.42. The molecule has 128 valence electrons. The van der Waals surface area contributed by atoms with Gasteiger partial charge in [-0.15, -0.1) is 23.5 Å². The molecule has 0 aliphatic carbocycles. The summed E-state index contributed by atoms with van der Waals surface area (Å²) in [5.74, 6) is 4.00. The van der Waals surface area contributed by atoms with Gasteiger partial charge in [0.15, 0.2) is 11.5 Å². The van der Waals surface area contributed by atoms with E-state index >= 15 is 0 Å². The van der Waals surface area contributed by atoms with E-state index < -0.39 is 0 Å². The quantitative estimate of drug-likeness (QED) is 0.491. The Kier molecular flexibility index (Phi) is 7.63. The second-order valence-electron chi connectivity index (χ2n) is 6.10. The molecule has 0 spiro atoms. The van der Waals surface area contributed by atoms with Gasteiger partial charge in [-0.3, -0.25) is 4.79 Å². The summed E-state index contributed by atoms with van der Waals surface area (Å²) >= 11 is 3.94. The lowest BCUT2D eigenvalue weighted by Gasteiger charge is -2.22. The number of methoxy groups -OCH3 is 1. The van der Waals surface area contributed by atoms with E-state index in [0.717, 1.165) is 12.8 Å². The number of rotatable bonds is 7. The summed E-state index contributed by atoms with van der Waals surface area (Å²) in [6, 6.07) is 5.92. The number of esters is 1. The highest BCUT2D eigenvalue weighted by atomic mass is 32.2. The molecule has 0 aromatic heterocycles. The van der Waals surface area contributed by atoms with Crippen molar-refractivity contribution >= 4 is 29.5 Å². The standard InChI is InChI=1S/C18H26O3S2/c1-13(2)6-4-7-17(19)21-15-9-8-14(12-16(15)20-3)18-22-10-5-11-23-18/h8-9,12-13,18H,4-7,10-11H2,1-3H3. The van der Waals surface area contributed by atoms with Gasteiger partial charge >= 0.3 is 5.97 Å². The zero-order valence-corrected chi connectivity index (χ0v) is 15.8. The summed E-state index contributed by atoms with van der Waals surface area (Å²) in [5.41, 5.74) is 1.23. The molecule has 0 N–H and O–H groups in total. The van der Waals surface area contributed by atoms with Gasteiger partial charge < -0.3 is 9.47 Å². The van der Waals surface area contributed by atoms with Gasteiger partial charge in [0.2, 0.25) is 0 Å². The zero-order valence-electron chi connectivity index (χ0n) is 14.2. The van der Waals surface area contributed by atoms with Gasteiger partial charge in [-0.05, 0) is 48.0 Å². The van der Waals surface area contributed by atoms with Crippen molar-refractivity contribution < 1.29 is 14.3 Å². The number of ether oxygens (including phenoxy) is 2. The first-order valence-corrected chi connectivity index (χ1v) is 10.3. The van der Waals surface area contributed by atoms with E-state index in [0.29, 0.717) is 28.4 Å². The van der Waals surface area contributed by atoms with E-state index in [4.69, 9.17) is 9.47 Å². The average Bonchev–Trinajstić information content (AvgIpc) is 2.55. The molecule has 0 unspecified atom stereocenters. The third kappa shape index (κ3) is 5.96. The number of carbonyl (C=O) groups is 1. The molecule has 1 aromatic carbocycles. The topological polar surface area (TPSA) is 35.5 Å². The maximum atomic E-state index is 12.0. The van der Waals surface area contributed by atoms with Gasteiger partial charge in [0.1, 0.15) is 0 Å². The fraction of sp³-hybridized carbons (Fsp3) is 0.611. The predicted molar refractivity (Wildman–Crippen MR) is 99.6 cm³/mol. The predicted octanol–water partition coefficient (Wildman–Crippen LogP) is 5.30. The van der Waals surface area contributed by atoms with Crippen molar-refractivity contribution in [1.29, 1.82) is 0 Å². The van der Waals surface area contributed by atoms with Crippen LogP contribution < -0.4 is 9.47 Å². The van der Waals surface area contributed by atoms with Crippen molar-refractivity contribution in [3.8, 4) is 11.5 Å². The van der Waals surface area contributed by atoms with Crippen molar-refractivity contribution in [2.45, 2.75) is 44.1 Å². The molecule has 1 aromatic rings. The molecule has 1 heterocycles. The van der Waals surface area contributed by atoms with Crippen LogP contribution in [0.1, 0.15) is 49.7 Å². The van der Waals surface area contributed by atoms with Crippen LogP contribution in [0.4, 0.5) is 0 Å². The number of carbonyl (C=O) groups excluding carboxylic acids is 1. The molecule has 5 heteroatoms. The summed E-state index contributed by atoms with van der Waals surface area (Å²) in [6.07, 6.45) is 3.64. The summed E-state index contributed by atoms with van der Waals surface area (Å²) in [6.45, 7) is 4.32. The smallest absolute Gasteiger partial charge is 0.311 e. The van der Waals surface area contributed by atoms with Crippen molar-refractivity contribution in [2.75, 3.05) is 18.6 Å². The van der Waals surface area contributed by atoms with Gasteiger partial charge in [-0.1, -0.05) is 26.3 Å². The van der Waals surface area contributed by atoms with E-state index in [1.54, 1.807) is 7.11 Å². The van der Waals surface area contributed by atoms with Crippen LogP contribution in [-0.4, -0.2) is 24.6 Å². The molecule has 2 rings (SSSR count). The van der Waals surface area contributed by atoms with Crippen molar-refractivity contribution in [3.05, 3.63) is 23.8 Å². The molecular weight excluding hydrogens is 328 g/mol. The Labute approximate surface area is 147 Å². The first-order chi connectivity index (χ1) is 11.1. The van der Waals surface area contributed by atoms with Gasteiger partial charge in [-0.25, -0.2) is 0 Å². The summed E-state index contributed by atoms with van der Waals surface area (Å²) < 4.78 is 11.4. The highest BCUT2D eigenvalue weighted by Gasteiger charge is 2.19. The number of benzene rings is 1. The summed E-state index contributed by atoms with van der Waals surface area (Å²) in [5, 5.41) is 0. The number of thioether (sulfide) groups is 2. The van der Waals surface area contributed by atoms with E-state index in [2.05, 4.69) is 19.9 Å². The van der Waals surface area contributed by atoms with Crippen LogP contribution in [0.5, 0.6) is 11.5 Å². The Hall–Kier alpha value is -0.810. The van der Waals surface area contributed by atoms with E-state index in [-0.39, 0.29) is 5.97 Å². The molecule has 0 bridgehead atoms. The van der Waals surface area contributed by atoms with Crippen molar-refractivity contribution in [1.82, 2.24) is 0 Å². The van der Waals surface area contributed by atoms with Crippen LogP contribution in [0.3, 0.4) is 0 Å². The highest BCUT2D eigenvalue weighted by molar-refractivity contribution is 8.16. The zero-order chi connectivity index (χ0) is 16.7. The van der Waals surface area contributed by atoms with Crippen LogP contribution in [0.2, 0.25) is 0 Å². The molecule has 0 amide bonds. The SMILES string of the molecule is COc1cc(C2SCCCS2)ccc1OC(=O)CCCC(C)C. The lowest BCUT2D eigenvalue weighted by atomic mass is 10.1. The minimum Gasteiger partial charge on any atom is -0.493 e. The van der Waals surface area contributed by atoms with Crippen molar-refractivity contribution in [2.24, 2.45) is 5.92 Å². The maximum absolute atomic E-state index is 12.0. The fourth-order valence-corrected chi connectivity index (χ4v) is 5.30. The molecule has 1 fully saturated rings. The second kappa shape index (κ2) is 9.48. The molecule has 0 atom stereocenters. The van der Waals surface area contributed by atoms with E-state index in [9.17, 15) is 4.79 Å². The highest BCUT2D eigenvalue weighted by Crippen LogP contribution is 2.45. The van der Waals surface area contributed by atoms with E-state index in [1.165, 1.54) is 23.5 Å². The molecule has 1 saturated heterocycles. The van der Waals surface area contributed by atoms with Gasteiger partial charge in [0, 0.05) is 6.42 Å². The van der Waals surface area contributed by atoms with Crippen molar-refractivity contribution in [3.63, 3.8) is 0 Å². The van der Waals surface area contributed by atoms with E-state index in [1.807, 2.05) is 35.7 Å². The van der Waals surface area contributed by atoms with Gasteiger partial charge in [0.25, 0.3) is 0 Å². The molecule has 1 aliphatic heterocycles. The average molecular weight is 355 g/mol. The number of hydrogen-bond donors (Lipinski definition) is 0. The molecule has 23 heavy (non-hydrogen) atoms. The Morgan fingerprint density at radius 3 is 2.65 bits per heavy atom. The van der Waals surface area contributed by atoms with Gasteiger partial charge in [0.05, 0.1) is 11.7 Å². The Balaban J connectivity index is 1.97. The first kappa shape index (κ1) is 18.5. The molecule has 3 nitrogen and oxygen atoms in total. The largest absolute Gasteiger partial charge is 0.493 e. The second-order valence-corrected chi connectivity index (χ2v) is 8.82. The first-order valence-electron chi connectivity index (χ1n) is 8.22. The molecule has 0 saturated carbocycles. The maximum Gasteiger partial charge on any atom is 0.311 e. The van der Waals surface area contributed by atoms with Crippen LogP contribution in [0.15, 0.2) is 18.2 Å². The van der Waals surface area contributed by atoms with Crippen LogP contribution >= 0.6 is 23.5 Å². The molecular formula is C18H26O3S2. The minimum absolute atomic E-state index is 0.182. The van der Waals surface area contributed by atoms with Crippen LogP contribution in [0.25, 0.3) is 0 Å².